The first-order valence-electron chi connectivity index (χ1n) is 6.59. The second-order valence-electron chi connectivity index (χ2n) is 6.84. The summed E-state index contributed by atoms with van der Waals surface area (Å²) in [6.07, 6.45) is 1.42. The SMILES string of the molecule is CC(C)(C)NC(=O)c1ccc(C(=O)NC(C)(C)C)nc1. The number of aromatic nitrogens is 1. The fraction of sp³-hybridized carbons (Fsp3) is 0.533. The average molecular weight is 277 g/mol. The van der Waals surface area contributed by atoms with E-state index in [1.807, 2.05) is 41.5 Å². The second kappa shape index (κ2) is 5.61. The Morgan fingerprint density at radius 1 is 0.900 bits per heavy atom. The topological polar surface area (TPSA) is 71.1 Å². The van der Waals surface area contributed by atoms with Crippen molar-refractivity contribution in [3.63, 3.8) is 0 Å². The van der Waals surface area contributed by atoms with Crippen molar-refractivity contribution in [3.05, 3.63) is 29.6 Å². The highest BCUT2D eigenvalue weighted by atomic mass is 16.2. The molecule has 0 saturated heterocycles. The number of hydrogen-bond acceptors (Lipinski definition) is 3. The lowest BCUT2D eigenvalue weighted by Gasteiger charge is -2.21. The van der Waals surface area contributed by atoms with Crippen LogP contribution in [0, 0.1) is 0 Å². The van der Waals surface area contributed by atoms with E-state index in [4.69, 9.17) is 0 Å². The smallest absolute Gasteiger partial charge is 0.270 e. The van der Waals surface area contributed by atoms with Crippen molar-refractivity contribution < 1.29 is 9.59 Å². The van der Waals surface area contributed by atoms with E-state index in [1.165, 1.54) is 6.20 Å². The highest BCUT2D eigenvalue weighted by molar-refractivity contribution is 5.96. The molecule has 110 valence electrons. The molecule has 2 amide bonds. The van der Waals surface area contributed by atoms with Gasteiger partial charge in [-0.15, -0.1) is 0 Å². The maximum atomic E-state index is 11.9. The van der Waals surface area contributed by atoms with Gasteiger partial charge >= 0.3 is 0 Å². The molecule has 20 heavy (non-hydrogen) atoms. The van der Waals surface area contributed by atoms with Crippen molar-refractivity contribution in [1.29, 1.82) is 0 Å². The molecule has 0 fully saturated rings. The summed E-state index contributed by atoms with van der Waals surface area (Å²) >= 11 is 0. The molecule has 1 heterocycles. The van der Waals surface area contributed by atoms with E-state index in [0.717, 1.165) is 0 Å². The van der Waals surface area contributed by atoms with Crippen LogP contribution in [0.25, 0.3) is 0 Å². The fourth-order valence-electron chi connectivity index (χ4n) is 1.48. The zero-order chi connectivity index (χ0) is 15.6. The summed E-state index contributed by atoms with van der Waals surface area (Å²) in [5.41, 5.74) is 0.111. The van der Waals surface area contributed by atoms with Crippen LogP contribution in [0.5, 0.6) is 0 Å². The summed E-state index contributed by atoms with van der Waals surface area (Å²) in [6, 6.07) is 3.16. The van der Waals surface area contributed by atoms with Crippen LogP contribution in [0.1, 0.15) is 62.4 Å². The molecular formula is C15H23N3O2. The van der Waals surface area contributed by atoms with Crippen LogP contribution in [0.2, 0.25) is 0 Å². The molecule has 0 saturated carbocycles. The molecule has 5 heteroatoms. The van der Waals surface area contributed by atoms with Crippen molar-refractivity contribution in [1.82, 2.24) is 15.6 Å². The minimum Gasteiger partial charge on any atom is -0.347 e. The number of carbonyl (C=O) groups is 2. The number of nitrogens with zero attached hydrogens (tertiary/aromatic N) is 1. The number of hydrogen-bond donors (Lipinski definition) is 2. The summed E-state index contributed by atoms with van der Waals surface area (Å²) in [5, 5.41) is 5.66. The average Bonchev–Trinajstić information content (AvgIpc) is 2.24. The molecule has 0 aliphatic carbocycles. The number of pyridine rings is 1. The van der Waals surface area contributed by atoms with Crippen LogP contribution in [-0.4, -0.2) is 27.9 Å². The number of amides is 2. The van der Waals surface area contributed by atoms with Crippen LogP contribution in [0.3, 0.4) is 0 Å². The Morgan fingerprint density at radius 2 is 1.40 bits per heavy atom. The van der Waals surface area contributed by atoms with Crippen LogP contribution >= 0.6 is 0 Å². The van der Waals surface area contributed by atoms with Crippen LogP contribution in [0.4, 0.5) is 0 Å². The maximum Gasteiger partial charge on any atom is 0.270 e. The minimum atomic E-state index is -0.318. The Morgan fingerprint density at radius 3 is 1.80 bits per heavy atom. The first-order valence-corrected chi connectivity index (χ1v) is 6.59. The summed E-state index contributed by atoms with van der Waals surface area (Å²) in [5.74, 6) is -0.451. The molecule has 0 atom stereocenters. The van der Waals surface area contributed by atoms with Crippen LogP contribution in [0.15, 0.2) is 18.3 Å². The summed E-state index contributed by atoms with van der Waals surface area (Å²) in [6.45, 7) is 11.4. The van der Waals surface area contributed by atoms with Crippen molar-refractivity contribution >= 4 is 11.8 Å². The molecule has 1 rings (SSSR count). The second-order valence-corrected chi connectivity index (χ2v) is 6.84. The molecular weight excluding hydrogens is 254 g/mol. The number of rotatable bonds is 2. The van der Waals surface area contributed by atoms with Gasteiger partial charge in [-0.1, -0.05) is 0 Å². The third-order valence-electron chi connectivity index (χ3n) is 2.24. The predicted molar refractivity (Wildman–Crippen MR) is 78.7 cm³/mol. The lowest BCUT2D eigenvalue weighted by atomic mass is 10.1. The molecule has 0 aliphatic heterocycles. The van der Waals surface area contributed by atoms with Gasteiger partial charge in [0.2, 0.25) is 0 Å². The van der Waals surface area contributed by atoms with Gasteiger partial charge in [-0.3, -0.25) is 14.6 Å². The summed E-state index contributed by atoms with van der Waals surface area (Å²) in [4.78, 5) is 27.9. The highest BCUT2D eigenvalue weighted by Crippen LogP contribution is 2.06. The van der Waals surface area contributed by atoms with Crippen molar-refractivity contribution in [3.8, 4) is 0 Å². The van der Waals surface area contributed by atoms with E-state index in [-0.39, 0.29) is 22.9 Å². The zero-order valence-electron chi connectivity index (χ0n) is 13.0. The Balaban J connectivity index is 2.79. The summed E-state index contributed by atoms with van der Waals surface area (Å²) < 4.78 is 0. The standard InChI is InChI=1S/C15H23N3O2/c1-14(2,3)17-12(19)10-7-8-11(16-9-10)13(20)18-15(4,5)6/h7-9H,1-6H3,(H,17,19)(H,18,20). The Labute approximate surface area is 120 Å². The Hall–Kier alpha value is -1.91. The highest BCUT2D eigenvalue weighted by Gasteiger charge is 2.18. The van der Waals surface area contributed by atoms with Gasteiger partial charge in [0.05, 0.1) is 5.56 Å². The third-order valence-corrected chi connectivity index (χ3v) is 2.24. The summed E-state index contributed by atoms with van der Waals surface area (Å²) in [7, 11) is 0. The first kappa shape index (κ1) is 16.1. The van der Waals surface area contributed by atoms with Gasteiger partial charge < -0.3 is 10.6 Å². The van der Waals surface area contributed by atoms with Crippen molar-refractivity contribution in [2.75, 3.05) is 0 Å². The van der Waals surface area contributed by atoms with E-state index in [9.17, 15) is 9.59 Å². The van der Waals surface area contributed by atoms with E-state index in [2.05, 4.69) is 15.6 Å². The molecule has 0 spiro atoms. The van der Waals surface area contributed by atoms with Gasteiger partial charge in [0, 0.05) is 17.3 Å². The lowest BCUT2D eigenvalue weighted by Crippen LogP contribution is -2.41. The zero-order valence-corrected chi connectivity index (χ0v) is 13.0. The van der Waals surface area contributed by atoms with Gasteiger partial charge in [0.1, 0.15) is 5.69 Å². The van der Waals surface area contributed by atoms with Gasteiger partial charge in [0.25, 0.3) is 11.8 Å². The molecule has 1 aromatic rings. The molecule has 0 aliphatic rings. The molecule has 0 aromatic carbocycles. The van der Waals surface area contributed by atoms with Gasteiger partial charge in [-0.25, -0.2) is 0 Å². The number of nitrogens with one attached hydrogen (secondary N) is 2. The van der Waals surface area contributed by atoms with Gasteiger partial charge in [-0.2, -0.15) is 0 Å². The van der Waals surface area contributed by atoms with Crippen molar-refractivity contribution in [2.24, 2.45) is 0 Å². The van der Waals surface area contributed by atoms with Crippen molar-refractivity contribution in [2.45, 2.75) is 52.6 Å². The monoisotopic (exact) mass is 277 g/mol. The first-order chi connectivity index (χ1) is 8.98. The number of carbonyl (C=O) groups excluding carboxylic acids is 2. The quantitative estimate of drug-likeness (QED) is 0.870. The normalized spacial score (nSPS) is 11.9. The third kappa shape index (κ3) is 5.38. The van der Waals surface area contributed by atoms with E-state index >= 15 is 0 Å². The Bertz CT molecular complexity index is 446. The largest absolute Gasteiger partial charge is 0.347 e. The minimum absolute atomic E-state index is 0.201. The van der Waals surface area contributed by atoms with Crippen LogP contribution in [-0.2, 0) is 0 Å². The molecule has 0 unspecified atom stereocenters. The van der Waals surface area contributed by atoms with Crippen LogP contribution < -0.4 is 10.6 Å². The molecule has 2 N–H and O–H groups in total. The lowest BCUT2D eigenvalue weighted by molar-refractivity contribution is 0.0902. The van der Waals surface area contributed by atoms with E-state index in [1.54, 1.807) is 12.1 Å². The van der Waals surface area contributed by atoms with E-state index in [0.29, 0.717) is 11.3 Å². The maximum absolute atomic E-state index is 11.9. The molecule has 5 nitrogen and oxygen atoms in total. The van der Waals surface area contributed by atoms with Gasteiger partial charge in [0.15, 0.2) is 0 Å². The molecule has 1 aromatic heterocycles. The van der Waals surface area contributed by atoms with Gasteiger partial charge in [-0.05, 0) is 53.7 Å². The van der Waals surface area contributed by atoms with E-state index < -0.39 is 0 Å². The Kier molecular flexibility index (Phi) is 4.53. The molecule has 0 bridgehead atoms. The fourth-order valence-corrected chi connectivity index (χ4v) is 1.48. The molecule has 0 radical (unpaired) electrons. The predicted octanol–water partition coefficient (Wildman–Crippen LogP) is 2.14.